The molecule has 0 aliphatic heterocycles. The molecule has 12 heteroatoms. The van der Waals surface area contributed by atoms with Gasteiger partial charge < -0.3 is 39.4 Å². The second-order valence-corrected chi connectivity index (χ2v) is 9.09. The average molecular weight is 545 g/mol. The first-order valence-electron chi connectivity index (χ1n) is 12.6. The van der Waals surface area contributed by atoms with E-state index in [4.69, 9.17) is 18.9 Å². The highest BCUT2D eigenvalue weighted by atomic mass is 16.6. The van der Waals surface area contributed by atoms with Gasteiger partial charge in [-0.3, -0.25) is 9.59 Å². The highest BCUT2D eigenvalue weighted by molar-refractivity contribution is 5.89. The van der Waals surface area contributed by atoms with Crippen molar-refractivity contribution < 1.29 is 58.6 Å². The Morgan fingerprint density at radius 1 is 0.658 bits per heavy atom. The van der Waals surface area contributed by atoms with Gasteiger partial charge in [0.1, 0.15) is 12.2 Å². The number of aliphatic hydroxyl groups is 4. The third-order valence-electron chi connectivity index (χ3n) is 6.58. The van der Waals surface area contributed by atoms with Crippen LogP contribution in [0, 0.1) is 11.8 Å². The summed E-state index contributed by atoms with van der Waals surface area (Å²) in [5.74, 6) is -5.00. The molecule has 0 aromatic heterocycles. The van der Waals surface area contributed by atoms with Gasteiger partial charge in [0.15, 0.2) is 24.4 Å². The van der Waals surface area contributed by atoms with E-state index in [1.54, 1.807) is 27.7 Å². The number of rotatable bonds is 12. The van der Waals surface area contributed by atoms with E-state index in [2.05, 4.69) is 0 Å². The van der Waals surface area contributed by atoms with Crippen LogP contribution in [0.15, 0.2) is 23.3 Å². The predicted octanol–water partition coefficient (Wildman–Crippen LogP) is 0.338. The Labute approximate surface area is 222 Å². The minimum Gasteiger partial charge on any atom is -0.456 e. The number of ether oxygens (including phenoxy) is 4. The quantitative estimate of drug-likeness (QED) is 0.150. The molecule has 2 unspecified atom stereocenters. The van der Waals surface area contributed by atoms with E-state index in [1.165, 1.54) is 26.0 Å². The van der Waals surface area contributed by atoms with Gasteiger partial charge in [-0.1, -0.05) is 39.8 Å². The lowest BCUT2D eigenvalue weighted by molar-refractivity contribution is -0.252. The third kappa shape index (κ3) is 8.10. The lowest BCUT2D eigenvalue weighted by Gasteiger charge is -2.45. The van der Waals surface area contributed by atoms with Crippen molar-refractivity contribution in [3.63, 3.8) is 0 Å². The number of hydrogen-bond donors (Lipinski definition) is 4. The fourth-order valence-electron chi connectivity index (χ4n) is 3.48. The molecule has 38 heavy (non-hydrogen) atoms. The van der Waals surface area contributed by atoms with Crippen molar-refractivity contribution in [3.8, 4) is 0 Å². The van der Waals surface area contributed by atoms with Crippen LogP contribution < -0.4 is 0 Å². The van der Waals surface area contributed by atoms with Crippen molar-refractivity contribution in [2.75, 3.05) is 13.2 Å². The molecular formula is C26H40O12. The maximum atomic E-state index is 12.7. The molecule has 0 heterocycles. The van der Waals surface area contributed by atoms with E-state index in [0.29, 0.717) is 12.8 Å². The van der Waals surface area contributed by atoms with E-state index in [-0.39, 0.29) is 11.1 Å². The molecule has 0 spiro atoms. The fraction of sp³-hybridized carbons (Fsp3) is 0.692. The van der Waals surface area contributed by atoms with Crippen molar-refractivity contribution >= 4 is 23.9 Å². The number of carbonyl (C=O) groups excluding carboxylic acids is 4. The molecule has 1 aliphatic carbocycles. The van der Waals surface area contributed by atoms with Gasteiger partial charge in [0, 0.05) is 0 Å². The van der Waals surface area contributed by atoms with Crippen LogP contribution in [0.3, 0.4) is 0 Å². The molecule has 1 saturated carbocycles. The summed E-state index contributed by atoms with van der Waals surface area (Å²) in [5, 5.41) is 41.2. The summed E-state index contributed by atoms with van der Waals surface area (Å²) in [6, 6.07) is 0. The number of allylic oxidation sites excluding steroid dienone is 2. The van der Waals surface area contributed by atoms with Gasteiger partial charge in [-0.15, -0.1) is 0 Å². The second-order valence-electron chi connectivity index (χ2n) is 9.09. The zero-order valence-corrected chi connectivity index (χ0v) is 22.7. The van der Waals surface area contributed by atoms with Crippen molar-refractivity contribution in [2.24, 2.45) is 11.8 Å². The van der Waals surface area contributed by atoms with E-state index in [9.17, 15) is 39.6 Å². The Morgan fingerprint density at radius 2 is 1.00 bits per heavy atom. The molecule has 0 aromatic carbocycles. The van der Waals surface area contributed by atoms with Gasteiger partial charge in [0.2, 0.25) is 0 Å². The van der Waals surface area contributed by atoms with Gasteiger partial charge in [-0.2, -0.15) is 0 Å². The summed E-state index contributed by atoms with van der Waals surface area (Å²) in [6.07, 6.45) is -7.60. The maximum Gasteiger partial charge on any atom is 0.336 e. The van der Waals surface area contributed by atoms with Crippen LogP contribution >= 0.6 is 0 Å². The summed E-state index contributed by atoms with van der Waals surface area (Å²) in [4.78, 5) is 50.7. The van der Waals surface area contributed by atoms with Crippen molar-refractivity contribution in [3.05, 3.63) is 23.3 Å². The van der Waals surface area contributed by atoms with Crippen LogP contribution in [0.4, 0.5) is 0 Å². The summed E-state index contributed by atoms with van der Waals surface area (Å²) < 4.78 is 21.6. The Bertz CT molecular complexity index is 895. The highest BCUT2D eigenvalue weighted by Gasteiger charge is 2.57. The zero-order chi connectivity index (χ0) is 29.2. The minimum atomic E-state index is -1.93. The van der Waals surface area contributed by atoms with Crippen LogP contribution in [-0.4, -0.2) is 94.1 Å². The average Bonchev–Trinajstić information content (AvgIpc) is 2.90. The third-order valence-corrected chi connectivity index (χ3v) is 6.58. The van der Waals surface area contributed by atoms with Gasteiger partial charge in [-0.25, -0.2) is 9.59 Å². The van der Waals surface area contributed by atoms with Crippen molar-refractivity contribution in [1.29, 1.82) is 0 Å². The normalized spacial score (nSPS) is 27.6. The molecule has 8 atom stereocenters. The summed E-state index contributed by atoms with van der Waals surface area (Å²) in [5.41, 5.74) is -0.389. The molecule has 4 N–H and O–H groups in total. The molecule has 12 nitrogen and oxygen atoms in total. The Kier molecular flexibility index (Phi) is 13.6. The summed E-state index contributed by atoms with van der Waals surface area (Å²) in [7, 11) is 0. The van der Waals surface area contributed by atoms with Crippen LogP contribution in [0.2, 0.25) is 0 Å². The molecule has 0 aromatic rings. The van der Waals surface area contributed by atoms with E-state index >= 15 is 0 Å². The van der Waals surface area contributed by atoms with Gasteiger partial charge in [0.05, 0.1) is 36.2 Å². The number of aliphatic hydroxyl groups excluding tert-OH is 4. The van der Waals surface area contributed by atoms with Crippen LogP contribution in [0.1, 0.15) is 54.4 Å². The van der Waals surface area contributed by atoms with Crippen LogP contribution in [-0.2, 0) is 38.1 Å². The van der Waals surface area contributed by atoms with E-state index in [1.807, 2.05) is 0 Å². The van der Waals surface area contributed by atoms with Crippen molar-refractivity contribution in [1.82, 2.24) is 0 Å². The minimum absolute atomic E-state index is 0.194. The lowest BCUT2D eigenvalue weighted by Crippen LogP contribution is -2.67. The molecule has 1 aliphatic rings. The number of carbonyl (C=O) groups is 4. The first kappa shape index (κ1) is 33.2. The number of esters is 4. The van der Waals surface area contributed by atoms with Gasteiger partial charge in [-0.05, 0) is 26.7 Å². The maximum absolute atomic E-state index is 12.7. The SMILES string of the molecule is C/C=C(\CO)C(=O)O[C@H]1[C@H](OC(=O)C(C)CC)[C@H](O)[C@@H](OC(=O)C(C)CC)[C@@H](O)[C@@H]1OC(=O)/C(=C/C)CO. The summed E-state index contributed by atoms with van der Waals surface area (Å²) >= 11 is 0. The molecule has 0 radical (unpaired) electrons. The molecule has 1 fully saturated rings. The van der Waals surface area contributed by atoms with Crippen LogP contribution in [0.25, 0.3) is 0 Å². The largest absolute Gasteiger partial charge is 0.456 e. The lowest BCUT2D eigenvalue weighted by atomic mass is 9.83. The molecule has 0 bridgehead atoms. The predicted molar refractivity (Wildman–Crippen MR) is 132 cm³/mol. The number of hydrogen-bond acceptors (Lipinski definition) is 12. The monoisotopic (exact) mass is 544 g/mol. The zero-order valence-electron chi connectivity index (χ0n) is 22.7. The van der Waals surface area contributed by atoms with Gasteiger partial charge in [0.25, 0.3) is 0 Å². The molecule has 0 amide bonds. The first-order valence-corrected chi connectivity index (χ1v) is 12.6. The highest BCUT2D eigenvalue weighted by Crippen LogP contribution is 2.32. The summed E-state index contributed by atoms with van der Waals surface area (Å²) in [6.45, 7) is 8.07. The Morgan fingerprint density at radius 3 is 1.34 bits per heavy atom. The fourth-order valence-corrected chi connectivity index (χ4v) is 3.48. The molecule has 1 rings (SSSR count). The topological polar surface area (TPSA) is 186 Å². The van der Waals surface area contributed by atoms with Crippen LogP contribution in [0.5, 0.6) is 0 Å². The van der Waals surface area contributed by atoms with E-state index < -0.39 is 85.6 Å². The molecule has 216 valence electrons. The van der Waals surface area contributed by atoms with E-state index in [0.717, 1.165) is 0 Å². The van der Waals surface area contributed by atoms with Crippen molar-refractivity contribution in [2.45, 2.75) is 91.0 Å². The standard InChI is InChI=1S/C26H40O12/c1-7-13(5)23(31)35-19-17(29)20(36-24(32)14(6)8-2)22(38-26(34)16(10-4)12-28)21(18(19)30)37-25(33)15(9-3)11-27/h9-10,13-14,17-22,27-30H,7-8,11-12H2,1-6H3/b15-9+,16-10+/t13?,14?,17-,18-,19-,20-,21+,22+/m1/s1. The second kappa shape index (κ2) is 15.6. The Hall–Kier alpha value is -2.80. The first-order chi connectivity index (χ1) is 17.9. The smallest absolute Gasteiger partial charge is 0.336 e. The molecular weight excluding hydrogens is 504 g/mol. The van der Waals surface area contributed by atoms with Gasteiger partial charge >= 0.3 is 23.9 Å². The molecule has 0 saturated heterocycles. The Balaban J connectivity index is 3.63.